The minimum Gasteiger partial charge on any atom is -0.454 e. The SMILES string of the molecule is CN(C(=O)c1ccc(F)cc1)c1ccc2c(c1)OCO2. The lowest BCUT2D eigenvalue weighted by Crippen LogP contribution is -2.26. The van der Waals surface area contributed by atoms with Crippen molar-refractivity contribution in [3.63, 3.8) is 0 Å². The molecule has 20 heavy (non-hydrogen) atoms. The number of fused-ring (bicyclic) bond motifs is 1. The smallest absolute Gasteiger partial charge is 0.258 e. The molecule has 0 radical (unpaired) electrons. The fraction of sp³-hybridized carbons (Fsp3) is 0.133. The van der Waals surface area contributed by atoms with Crippen molar-refractivity contribution in [2.75, 3.05) is 18.7 Å². The molecule has 0 N–H and O–H groups in total. The Kier molecular flexibility index (Phi) is 3.02. The standard InChI is InChI=1S/C15H12FNO3/c1-17(15(18)10-2-4-11(16)5-3-10)12-6-7-13-14(8-12)20-9-19-13/h2-8H,9H2,1H3. The van der Waals surface area contributed by atoms with Gasteiger partial charge in [-0.2, -0.15) is 0 Å². The number of amides is 1. The van der Waals surface area contributed by atoms with Gasteiger partial charge >= 0.3 is 0 Å². The van der Waals surface area contributed by atoms with E-state index in [-0.39, 0.29) is 18.5 Å². The fourth-order valence-electron chi connectivity index (χ4n) is 2.00. The minimum absolute atomic E-state index is 0.189. The number of nitrogens with zero attached hydrogens (tertiary/aromatic N) is 1. The molecule has 0 bridgehead atoms. The zero-order valence-corrected chi connectivity index (χ0v) is 10.8. The largest absolute Gasteiger partial charge is 0.454 e. The van der Waals surface area contributed by atoms with Crippen LogP contribution >= 0.6 is 0 Å². The first-order chi connectivity index (χ1) is 9.65. The van der Waals surface area contributed by atoms with E-state index in [4.69, 9.17) is 9.47 Å². The number of hydrogen-bond acceptors (Lipinski definition) is 3. The highest BCUT2D eigenvalue weighted by molar-refractivity contribution is 6.05. The maximum atomic E-state index is 12.9. The van der Waals surface area contributed by atoms with Crippen molar-refractivity contribution < 1.29 is 18.7 Å². The van der Waals surface area contributed by atoms with Gasteiger partial charge in [0.05, 0.1) is 0 Å². The summed E-state index contributed by atoms with van der Waals surface area (Å²) in [6.07, 6.45) is 0. The fourth-order valence-corrected chi connectivity index (χ4v) is 2.00. The third-order valence-electron chi connectivity index (χ3n) is 3.14. The second kappa shape index (κ2) is 4.85. The Balaban J connectivity index is 1.86. The second-order valence-electron chi connectivity index (χ2n) is 4.41. The van der Waals surface area contributed by atoms with E-state index in [1.54, 1.807) is 25.2 Å². The number of halogens is 1. The third-order valence-corrected chi connectivity index (χ3v) is 3.14. The first kappa shape index (κ1) is 12.5. The second-order valence-corrected chi connectivity index (χ2v) is 4.41. The lowest BCUT2D eigenvalue weighted by atomic mass is 10.2. The van der Waals surface area contributed by atoms with Crippen LogP contribution < -0.4 is 14.4 Å². The zero-order chi connectivity index (χ0) is 14.1. The van der Waals surface area contributed by atoms with Crippen LogP contribution in [0, 0.1) is 5.82 Å². The van der Waals surface area contributed by atoms with E-state index < -0.39 is 0 Å². The minimum atomic E-state index is -0.368. The van der Waals surface area contributed by atoms with E-state index in [2.05, 4.69) is 0 Å². The predicted octanol–water partition coefficient (Wildman–Crippen LogP) is 2.83. The van der Waals surface area contributed by atoms with Crippen molar-refractivity contribution in [2.45, 2.75) is 0 Å². The van der Waals surface area contributed by atoms with Crippen LogP contribution in [0.3, 0.4) is 0 Å². The average Bonchev–Trinajstić information content (AvgIpc) is 2.94. The Hall–Kier alpha value is -2.56. The first-order valence-electron chi connectivity index (χ1n) is 6.08. The molecule has 0 atom stereocenters. The van der Waals surface area contributed by atoms with Gasteiger partial charge in [-0.15, -0.1) is 0 Å². The van der Waals surface area contributed by atoms with Gasteiger partial charge in [-0.05, 0) is 36.4 Å². The molecule has 0 saturated carbocycles. The molecule has 1 amide bonds. The van der Waals surface area contributed by atoms with Gasteiger partial charge in [0.2, 0.25) is 6.79 Å². The normalized spacial score (nSPS) is 12.3. The lowest BCUT2D eigenvalue weighted by molar-refractivity contribution is 0.0993. The summed E-state index contributed by atoms with van der Waals surface area (Å²) in [4.78, 5) is 13.8. The third kappa shape index (κ3) is 2.18. The van der Waals surface area contributed by atoms with Gasteiger partial charge < -0.3 is 14.4 Å². The van der Waals surface area contributed by atoms with Crippen molar-refractivity contribution in [2.24, 2.45) is 0 Å². The molecule has 1 heterocycles. The molecule has 4 nitrogen and oxygen atoms in total. The molecule has 2 aromatic carbocycles. The van der Waals surface area contributed by atoms with Crippen LogP contribution in [0.25, 0.3) is 0 Å². The summed E-state index contributed by atoms with van der Waals surface area (Å²) in [5.41, 5.74) is 1.11. The molecular weight excluding hydrogens is 261 g/mol. The molecule has 5 heteroatoms. The zero-order valence-electron chi connectivity index (χ0n) is 10.8. The van der Waals surface area contributed by atoms with E-state index in [1.807, 2.05) is 0 Å². The van der Waals surface area contributed by atoms with Crippen molar-refractivity contribution in [3.05, 3.63) is 53.8 Å². The lowest BCUT2D eigenvalue weighted by Gasteiger charge is -2.17. The average molecular weight is 273 g/mol. The summed E-state index contributed by atoms with van der Waals surface area (Å²) in [7, 11) is 1.66. The Morgan fingerprint density at radius 1 is 1.10 bits per heavy atom. The van der Waals surface area contributed by atoms with Crippen molar-refractivity contribution in [3.8, 4) is 11.5 Å². The molecule has 0 fully saturated rings. The summed E-state index contributed by atoms with van der Waals surface area (Å²) in [6.45, 7) is 0.189. The highest BCUT2D eigenvalue weighted by Crippen LogP contribution is 2.35. The molecule has 0 aromatic heterocycles. The van der Waals surface area contributed by atoms with Gasteiger partial charge in [-0.1, -0.05) is 0 Å². The Morgan fingerprint density at radius 2 is 1.80 bits per heavy atom. The van der Waals surface area contributed by atoms with Gasteiger partial charge in [0, 0.05) is 24.4 Å². The van der Waals surface area contributed by atoms with Crippen LogP contribution in [-0.4, -0.2) is 19.7 Å². The summed E-state index contributed by atoms with van der Waals surface area (Å²) < 4.78 is 23.4. The van der Waals surface area contributed by atoms with E-state index >= 15 is 0 Å². The summed E-state index contributed by atoms with van der Waals surface area (Å²) in [5.74, 6) is 0.689. The molecule has 0 unspecified atom stereocenters. The number of carbonyl (C=O) groups is 1. The predicted molar refractivity (Wildman–Crippen MR) is 71.7 cm³/mol. The van der Waals surface area contributed by atoms with Crippen LogP contribution in [0.15, 0.2) is 42.5 Å². The van der Waals surface area contributed by atoms with E-state index in [0.717, 1.165) is 0 Å². The van der Waals surface area contributed by atoms with Crippen LogP contribution in [0.2, 0.25) is 0 Å². The van der Waals surface area contributed by atoms with E-state index in [1.165, 1.54) is 29.2 Å². The molecule has 1 aliphatic heterocycles. The number of rotatable bonds is 2. The van der Waals surface area contributed by atoms with Crippen LogP contribution in [-0.2, 0) is 0 Å². The van der Waals surface area contributed by atoms with Crippen molar-refractivity contribution >= 4 is 11.6 Å². The Labute approximate surface area is 115 Å². The number of benzene rings is 2. The number of hydrogen-bond donors (Lipinski definition) is 0. The highest BCUT2D eigenvalue weighted by Gasteiger charge is 2.18. The van der Waals surface area contributed by atoms with Crippen LogP contribution in [0.1, 0.15) is 10.4 Å². The van der Waals surface area contributed by atoms with Gasteiger partial charge in [-0.3, -0.25) is 4.79 Å². The Morgan fingerprint density at radius 3 is 2.55 bits per heavy atom. The summed E-state index contributed by atoms with van der Waals surface area (Å²) >= 11 is 0. The van der Waals surface area contributed by atoms with E-state index in [9.17, 15) is 9.18 Å². The van der Waals surface area contributed by atoms with E-state index in [0.29, 0.717) is 22.7 Å². The molecule has 3 rings (SSSR count). The van der Waals surface area contributed by atoms with Gasteiger partial charge in [0.1, 0.15) is 5.82 Å². The molecule has 0 aliphatic carbocycles. The summed E-state index contributed by atoms with van der Waals surface area (Å²) in [5, 5.41) is 0. The van der Waals surface area contributed by atoms with Crippen molar-refractivity contribution in [1.29, 1.82) is 0 Å². The topological polar surface area (TPSA) is 38.8 Å². The maximum Gasteiger partial charge on any atom is 0.258 e. The number of ether oxygens (including phenoxy) is 2. The van der Waals surface area contributed by atoms with Crippen LogP contribution in [0.5, 0.6) is 11.5 Å². The Bertz CT molecular complexity index is 655. The van der Waals surface area contributed by atoms with Gasteiger partial charge in [0.25, 0.3) is 5.91 Å². The van der Waals surface area contributed by atoms with Crippen molar-refractivity contribution in [1.82, 2.24) is 0 Å². The molecule has 1 aliphatic rings. The first-order valence-corrected chi connectivity index (χ1v) is 6.08. The number of anilines is 1. The van der Waals surface area contributed by atoms with Gasteiger partial charge in [0.15, 0.2) is 11.5 Å². The monoisotopic (exact) mass is 273 g/mol. The molecule has 0 saturated heterocycles. The quantitative estimate of drug-likeness (QED) is 0.844. The molecular formula is C15H12FNO3. The molecule has 0 spiro atoms. The summed E-state index contributed by atoms with van der Waals surface area (Å²) in [6, 6.07) is 10.7. The maximum absolute atomic E-state index is 12.9. The molecule has 2 aromatic rings. The van der Waals surface area contributed by atoms with Gasteiger partial charge in [-0.25, -0.2) is 4.39 Å². The van der Waals surface area contributed by atoms with Crippen LogP contribution in [0.4, 0.5) is 10.1 Å². The highest BCUT2D eigenvalue weighted by atomic mass is 19.1. The number of carbonyl (C=O) groups excluding carboxylic acids is 1. The molecule has 102 valence electrons.